The molecule has 0 bridgehead atoms. The number of benzene rings is 1. The van der Waals surface area contributed by atoms with Gasteiger partial charge in [0.15, 0.2) is 11.6 Å². The first kappa shape index (κ1) is 9.54. The minimum atomic E-state index is 0.545. The van der Waals surface area contributed by atoms with E-state index in [4.69, 9.17) is 5.84 Å². The van der Waals surface area contributed by atoms with Crippen molar-refractivity contribution in [3.63, 3.8) is 0 Å². The number of nitrogens with zero attached hydrogens (tertiary/aromatic N) is 3. The van der Waals surface area contributed by atoms with Crippen LogP contribution in [0.25, 0.3) is 11.4 Å². The largest absolute Gasteiger partial charge is 0.307 e. The van der Waals surface area contributed by atoms with Crippen LogP contribution in [0.15, 0.2) is 30.3 Å². The molecule has 1 aromatic carbocycles. The molecule has 5 heteroatoms. The molecule has 2 aromatic rings. The number of anilines is 1. The maximum Gasteiger partial charge on any atom is 0.183 e. The molecular formula is C10H11N5. The van der Waals surface area contributed by atoms with Gasteiger partial charge in [-0.05, 0) is 6.92 Å². The van der Waals surface area contributed by atoms with E-state index in [-0.39, 0.29) is 0 Å². The number of hydrazine groups is 1. The predicted octanol–water partition coefficient (Wildman–Crippen LogP) is 1.13. The molecule has 0 amide bonds. The third kappa shape index (κ3) is 1.92. The van der Waals surface area contributed by atoms with Crippen molar-refractivity contribution in [3.8, 4) is 11.4 Å². The van der Waals surface area contributed by atoms with Crippen LogP contribution in [-0.2, 0) is 0 Å². The fraction of sp³-hybridized carbons (Fsp3) is 0.100. The molecule has 0 atom stereocenters. The molecule has 3 N–H and O–H groups in total. The van der Waals surface area contributed by atoms with Crippen molar-refractivity contribution in [3.05, 3.63) is 36.0 Å². The summed E-state index contributed by atoms with van der Waals surface area (Å²) in [5, 5.41) is 7.97. The SMILES string of the molecule is Cc1nnc(-c2ccccc2)nc1NN. The van der Waals surface area contributed by atoms with E-state index in [1.165, 1.54) is 0 Å². The number of rotatable bonds is 2. The normalized spacial score (nSPS) is 10.0. The van der Waals surface area contributed by atoms with Crippen molar-refractivity contribution >= 4 is 5.82 Å². The highest BCUT2D eigenvalue weighted by atomic mass is 15.3. The average molecular weight is 201 g/mol. The van der Waals surface area contributed by atoms with Gasteiger partial charge in [0, 0.05) is 5.56 Å². The standard InChI is InChI=1S/C10H11N5/c1-7-9(13-11)12-10(15-14-7)8-5-3-2-4-6-8/h2-6H,11H2,1H3,(H,12,13,15). The summed E-state index contributed by atoms with van der Waals surface area (Å²) in [6, 6.07) is 9.63. The van der Waals surface area contributed by atoms with Gasteiger partial charge < -0.3 is 5.43 Å². The molecule has 0 aliphatic heterocycles. The van der Waals surface area contributed by atoms with Crippen LogP contribution in [0, 0.1) is 6.92 Å². The number of hydrogen-bond acceptors (Lipinski definition) is 5. The van der Waals surface area contributed by atoms with E-state index >= 15 is 0 Å². The van der Waals surface area contributed by atoms with Gasteiger partial charge in [-0.1, -0.05) is 30.3 Å². The summed E-state index contributed by atoms with van der Waals surface area (Å²) in [6.07, 6.45) is 0. The summed E-state index contributed by atoms with van der Waals surface area (Å²) in [5.74, 6) is 6.43. The summed E-state index contributed by atoms with van der Waals surface area (Å²) >= 11 is 0. The Kier molecular flexibility index (Phi) is 2.55. The van der Waals surface area contributed by atoms with Crippen LogP contribution in [0.3, 0.4) is 0 Å². The van der Waals surface area contributed by atoms with Gasteiger partial charge in [0.05, 0.1) is 0 Å². The van der Waals surface area contributed by atoms with Crippen LogP contribution in [-0.4, -0.2) is 15.2 Å². The maximum atomic E-state index is 5.32. The molecule has 1 aromatic heterocycles. The first-order valence-electron chi connectivity index (χ1n) is 4.54. The van der Waals surface area contributed by atoms with E-state index in [1.54, 1.807) is 6.92 Å². The number of nitrogens with two attached hydrogens (primary N) is 1. The number of nitrogens with one attached hydrogen (secondary N) is 1. The Hall–Kier alpha value is -2.01. The molecule has 0 aliphatic rings. The van der Waals surface area contributed by atoms with E-state index in [2.05, 4.69) is 20.6 Å². The van der Waals surface area contributed by atoms with Crippen molar-refractivity contribution in [1.82, 2.24) is 15.2 Å². The lowest BCUT2D eigenvalue weighted by atomic mass is 10.2. The second-order valence-corrected chi connectivity index (χ2v) is 3.08. The monoisotopic (exact) mass is 201 g/mol. The maximum absolute atomic E-state index is 5.32. The lowest BCUT2D eigenvalue weighted by molar-refractivity contribution is 0.933. The Morgan fingerprint density at radius 1 is 1.13 bits per heavy atom. The summed E-state index contributed by atoms with van der Waals surface area (Å²) in [5.41, 5.74) is 4.09. The molecule has 0 saturated heterocycles. The zero-order valence-electron chi connectivity index (χ0n) is 8.31. The highest BCUT2D eigenvalue weighted by molar-refractivity contribution is 5.56. The fourth-order valence-electron chi connectivity index (χ4n) is 1.23. The zero-order chi connectivity index (χ0) is 10.7. The van der Waals surface area contributed by atoms with E-state index in [0.29, 0.717) is 17.3 Å². The third-order valence-corrected chi connectivity index (χ3v) is 2.02. The first-order valence-corrected chi connectivity index (χ1v) is 4.54. The molecule has 2 rings (SSSR count). The van der Waals surface area contributed by atoms with Gasteiger partial charge in [0.25, 0.3) is 0 Å². The van der Waals surface area contributed by atoms with Crippen molar-refractivity contribution in [2.75, 3.05) is 5.43 Å². The van der Waals surface area contributed by atoms with Crippen molar-refractivity contribution in [1.29, 1.82) is 0 Å². The minimum absolute atomic E-state index is 0.545. The van der Waals surface area contributed by atoms with Gasteiger partial charge in [0.2, 0.25) is 0 Å². The Bertz CT molecular complexity index is 455. The molecule has 5 nitrogen and oxygen atoms in total. The quantitative estimate of drug-likeness (QED) is 0.562. The van der Waals surface area contributed by atoms with Crippen LogP contribution in [0.2, 0.25) is 0 Å². The second kappa shape index (κ2) is 4.02. The Morgan fingerprint density at radius 2 is 1.87 bits per heavy atom. The van der Waals surface area contributed by atoms with Gasteiger partial charge in [-0.25, -0.2) is 10.8 Å². The minimum Gasteiger partial charge on any atom is -0.307 e. The summed E-state index contributed by atoms with van der Waals surface area (Å²) in [6.45, 7) is 1.80. The number of hydrogen-bond donors (Lipinski definition) is 2. The average Bonchev–Trinajstić information content (AvgIpc) is 2.31. The van der Waals surface area contributed by atoms with Gasteiger partial charge in [-0.15, -0.1) is 10.2 Å². The van der Waals surface area contributed by atoms with E-state index in [1.807, 2.05) is 30.3 Å². The predicted molar refractivity (Wildman–Crippen MR) is 57.8 cm³/mol. The summed E-state index contributed by atoms with van der Waals surface area (Å²) < 4.78 is 0. The van der Waals surface area contributed by atoms with Gasteiger partial charge in [0.1, 0.15) is 5.69 Å². The molecule has 76 valence electrons. The molecule has 0 saturated carbocycles. The molecule has 15 heavy (non-hydrogen) atoms. The van der Waals surface area contributed by atoms with E-state index < -0.39 is 0 Å². The van der Waals surface area contributed by atoms with E-state index in [9.17, 15) is 0 Å². The van der Waals surface area contributed by atoms with Crippen molar-refractivity contribution < 1.29 is 0 Å². The Balaban J connectivity index is 2.46. The molecule has 1 heterocycles. The topological polar surface area (TPSA) is 76.7 Å². The lowest BCUT2D eigenvalue weighted by Gasteiger charge is -2.04. The van der Waals surface area contributed by atoms with E-state index in [0.717, 1.165) is 5.56 Å². The highest BCUT2D eigenvalue weighted by Crippen LogP contribution is 2.15. The summed E-state index contributed by atoms with van der Waals surface area (Å²) in [4.78, 5) is 4.25. The molecule has 0 unspecified atom stereocenters. The Morgan fingerprint density at radius 3 is 2.53 bits per heavy atom. The first-order chi connectivity index (χ1) is 7.31. The lowest BCUT2D eigenvalue weighted by Crippen LogP contribution is -2.12. The highest BCUT2D eigenvalue weighted by Gasteiger charge is 2.05. The molecular weight excluding hydrogens is 190 g/mol. The number of nitrogen functional groups attached to an aromatic ring is 1. The fourth-order valence-corrected chi connectivity index (χ4v) is 1.23. The van der Waals surface area contributed by atoms with Crippen molar-refractivity contribution in [2.45, 2.75) is 6.92 Å². The van der Waals surface area contributed by atoms with Crippen LogP contribution in [0.4, 0.5) is 5.82 Å². The molecule has 0 fully saturated rings. The second-order valence-electron chi connectivity index (χ2n) is 3.08. The Labute approximate surface area is 87.3 Å². The third-order valence-electron chi connectivity index (χ3n) is 2.02. The summed E-state index contributed by atoms with van der Waals surface area (Å²) in [7, 11) is 0. The van der Waals surface area contributed by atoms with Crippen molar-refractivity contribution in [2.24, 2.45) is 5.84 Å². The number of aromatic nitrogens is 3. The zero-order valence-corrected chi connectivity index (χ0v) is 8.31. The van der Waals surface area contributed by atoms with Crippen LogP contribution < -0.4 is 11.3 Å². The molecule has 0 radical (unpaired) electrons. The van der Waals surface area contributed by atoms with Crippen LogP contribution in [0.5, 0.6) is 0 Å². The number of aryl methyl sites for hydroxylation is 1. The van der Waals surface area contributed by atoms with Crippen LogP contribution >= 0.6 is 0 Å². The van der Waals surface area contributed by atoms with Gasteiger partial charge in [-0.3, -0.25) is 0 Å². The molecule has 0 spiro atoms. The van der Waals surface area contributed by atoms with Gasteiger partial charge >= 0.3 is 0 Å². The van der Waals surface area contributed by atoms with Gasteiger partial charge in [-0.2, -0.15) is 0 Å². The smallest absolute Gasteiger partial charge is 0.183 e. The molecule has 0 aliphatic carbocycles. The van der Waals surface area contributed by atoms with Crippen LogP contribution in [0.1, 0.15) is 5.69 Å².